The van der Waals surface area contributed by atoms with Gasteiger partial charge in [0, 0.05) is 12.1 Å². The first-order chi connectivity index (χ1) is 7.83. The van der Waals surface area contributed by atoms with Crippen LogP contribution in [-0.2, 0) is 0 Å². The van der Waals surface area contributed by atoms with Crippen LogP contribution in [0.25, 0.3) is 0 Å². The minimum absolute atomic E-state index is 0.0330. The van der Waals surface area contributed by atoms with Gasteiger partial charge in [-0.2, -0.15) is 0 Å². The molecule has 0 radical (unpaired) electrons. The van der Waals surface area contributed by atoms with E-state index in [-0.39, 0.29) is 5.69 Å². The van der Waals surface area contributed by atoms with E-state index in [0.29, 0.717) is 11.3 Å². The van der Waals surface area contributed by atoms with E-state index in [1.165, 1.54) is 19.2 Å². The Morgan fingerprint density at radius 3 is 2.47 bits per heavy atom. The SMILES string of the molecule is COc1ccc([N+](=O)[O-])cc1C#C[Si](C)(C)C. The number of benzene rings is 1. The molecule has 4 nitrogen and oxygen atoms in total. The van der Waals surface area contributed by atoms with E-state index in [1.54, 1.807) is 6.07 Å². The lowest BCUT2D eigenvalue weighted by molar-refractivity contribution is -0.384. The van der Waals surface area contributed by atoms with Gasteiger partial charge in [0.2, 0.25) is 0 Å². The number of ether oxygens (including phenoxy) is 1. The Hall–Kier alpha value is -1.80. The zero-order valence-electron chi connectivity index (χ0n) is 10.4. The van der Waals surface area contributed by atoms with Gasteiger partial charge < -0.3 is 4.74 Å². The highest BCUT2D eigenvalue weighted by Crippen LogP contribution is 2.23. The molecule has 0 bridgehead atoms. The van der Waals surface area contributed by atoms with Crippen LogP contribution in [0.1, 0.15) is 5.56 Å². The molecule has 90 valence electrons. The summed E-state index contributed by atoms with van der Waals surface area (Å²) in [6.07, 6.45) is 0. The Labute approximate surface area is 102 Å². The lowest BCUT2D eigenvalue weighted by Gasteiger charge is -2.05. The average Bonchev–Trinajstić information content (AvgIpc) is 2.24. The molecule has 0 saturated heterocycles. The molecule has 0 amide bonds. The fourth-order valence-electron chi connectivity index (χ4n) is 1.16. The molecule has 0 unspecified atom stereocenters. The third-order valence-electron chi connectivity index (χ3n) is 1.97. The van der Waals surface area contributed by atoms with Gasteiger partial charge in [0.25, 0.3) is 5.69 Å². The van der Waals surface area contributed by atoms with Gasteiger partial charge in [0.15, 0.2) is 0 Å². The summed E-state index contributed by atoms with van der Waals surface area (Å²) in [6, 6.07) is 4.44. The molecule has 0 aliphatic rings. The van der Waals surface area contributed by atoms with Crippen LogP contribution in [0, 0.1) is 21.6 Å². The Kier molecular flexibility index (Phi) is 3.92. The van der Waals surface area contributed by atoms with Crippen LogP contribution in [0.2, 0.25) is 19.6 Å². The Bertz CT molecular complexity index is 495. The fraction of sp³-hybridized carbons (Fsp3) is 0.333. The van der Waals surface area contributed by atoms with Crippen molar-refractivity contribution in [3.63, 3.8) is 0 Å². The molecule has 0 heterocycles. The number of hydrogen-bond donors (Lipinski definition) is 0. The average molecular weight is 249 g/mol. The van der Waals surface area contributed by atoms with Gasteiger partial charge in [-0.25, -0.2) is 0 Å². The predicted octanol–water partition coefficient (Wildman–Crippen LogP) is 2.83. The van der Waals surface area contributed by atoms with E-state index in [4.69, 9.17) is 4.74 Å². The van der Waals surface area contributed by atoms with Gasteiger partial charge >= 0.3 is 0 Å². The molecule has 0 N–H and O–H groups in total. The Balaban J connectivity index is 3.23. The molecular weight excluding hydrogens is 234 g/mol. The van der Waals surface area contributed by atoms with Gasteiger partial charge in [-0.05, 0) is 6.07 Å². The zero-order valence-corrected chi connectivity index (χ0v) is 11.4. The van der Waals surface area contributed by atoms with Gasteiger partial charge in [-0.15, -0.1) is 5.54 Å². The first-order valence-electron chi connectivity index (χ1n) is 5.19. The second kappa shape index (κ2) is 5.02. The lowest BCUT2D eigenvalue weighted by Crippen LogP contribution is -2.16. The maximum absolute atomic E-state index is 10.7. The summed E-state index contributed by atoms with van der Waals surface area (Å²) >= 11 is 0. The highest BCUT2D eigenvalue weighted by Gasteiger charge is 2.11. The van der Waals surface area contributed by atoms with Crippen molar-refractivity contribution in [2.75, 3.05) is 7.11 Å². The zero-order chi connectivity index (χ0) is 13.1. The fourth-order valence-corrected chi connectivity index (χ4v) is 1.67. The molecule has 0 aromatic heterocycles. The molecule has 5 heteroatoms. The molecule has 0 spiro atoms. The summed E-state index contributed by atoms with van der Waals surface area (Å²) in [5.74, 6) is 3.55. The van der Waals surface area contributed by atoms with Crippen LogP contribution in [0.3, 0.4) is 0 Å². The first-order valence-corrected chi connectivity index (χ1v) is 8.69. The summed E-state index contributed by atoms with van der Waals surface area (Å²) in [5.41, 5.74) is 3.77. The van der Waals surface area contributed by atoms with E-state index >= 15 is 0 Å². The standard InChI is InChI=1S/C12H15NO3Si/c1-16-12-6-5-11(13(14)15)9-10(12)7-8-17(2,3)4/h5-6,9H,1-4H3. The number of rotatable bonds is 2. The highest BCUT2D eigenvalue weighted by molar-refractivity contribution is 6.83. The topological polar surface area (TPSA) is 52.4 Å². The molecule has 17 heavy (non-hydrogen) atoms. The van der Waals surface area contributed by atoms with Crippen molar-refractivity contribution >= 4 is 13.8 Å². The third-order valence-corrected chi connectivity index (χ3v) is 2.84. The summed E-state index contributed by atoms with van der Waals surface area (Å²) in [7, 11) is 0.0218. The van der Waals surface area contributed by atoms with Crippen LogP contribution in [0.15, 0.2) is 18.2 Å². The molecule has 1 aromatic carbocycles. The summed E-state index contributed by atoms with van der Waals surface area (Å²) < 4.78 is 5.14. The lowest BCUT2D eigenvalue weighted by atomic mass is 10.2. The molecular formula is C12H15NO3Si. The molecule has 0 aliphatic heterocycles. The Morgan fingerprint density at radius 1 is 1.35 bits per heavy atom. The summed E-state index contributed by atoms with van der Waals surface area (Å²) in [5, 5.41) is 10.7. The van der Waals surface area contributed by atoms with Crippen LogP contribution < -0.4 is 4.74 Å². The number of methoxy groups -OCH3 is 1. The molecule has 0 atom stereocenters. The minimum Gasteiger partial charge on any atom is -0.495 e. The molecule has 1 rings (SSSR count). The van der Waals surface area contributed by atoms with E-state index < -0.39 is 13.0 Å². The summed E-state index contributed by atoms with van der Waals surface area (Å²) in [4.78, 5) is 10.2. The maximum atomic E-state index is 10.7. The molecule has 0 fully saturated rings. The second-order valence-electron chi connectivity index (χ2n) is 4.64. The van der Waals surface area contributed by atoms with Crippen molar-refractivity contribution in [2.24, 2.45) is 0 Å². The molecule has 0 saturated carbocycles. The number of nitro groups is 1. The summed E-state index contributed by atoms with van der Waals surface area (Å²) in [6.45, 7) is 6.34. The van der Waals surface area contributed by atoms with Crippen LogP contribution in [0.4, 0.5) is 5.69 Å². The largest absolute Gasteiger partial charge is 0.495 e. The maximum Gasteiger partial charge on any atom is 0.270 e. The molecule has 0 aliphatic carbocycles. The van der Waals surface area contributed by atoms with Crippen molar-refractivity contribution in [3.8, 4) is 17.2 Å². The number of nitrogens with zero attached hydrogens (tertiary/aromatic N) is 1. The third kappa shape index (κ3) is 3.92. The quantitative estimate of drug-likeness (QED) is 0.350. The highest BCUT2D eigenvalue weighted by atomic mass is 28.3. The van der Waals surface area contributed by atoms with Crippen LogP contribution >= 0.6 is 0 Å². The van der Waals surface area contributed by atoms with Gasteiger partial charge in [-0.1, -0.05) is 25.6 Å². The second-order valence-corrected chi connectivity index (χ2v) is 9.39. The van der Waals surface area contributed by atoms with Gasteiger partial charge in [-0.3, -0.25) is 10.1 Å². The smallest absolute Gasteiger partial charge is 0.270 e. The van der Waals surface area contributed by atoms with E-state index in [9.17, 15) is 10.1 Å². The predicted molar refractivity (Wildman–Crippen MR) is 69.9 cm³/mol. The van der Waals surface area contributed by atoms with E-state index in [0.717, 1.165) is 0 Å². The minimum atomic E-state index is -1.51. The van der Waals surface area contributed by atoms with Crippen molar-refractivity contribution < 1.29 is 9.66 Å². The molecule has 1 aromatic rings. The first kappa shape index (κ1) is 13.3. The number of nitro benzene ring substituents is 1. The van der Waals surface area contributed by atoms with Crippen LogP contribution in [0.5, 0.6) is 5.75 Å². The van der Waals surface area contributed by atoms with Crippen molar-refractivity contribution in [2.45, 2.75) is 19.6 Å². The monoisotopic (exact) mass is 249 g/mol. The van der Waals surface area contributed by atoms with E-state index in [2.05, 4.69) is 31.1 Å². The number of non-ortho nitro benzene ring substituents is 1. The van der Waals surface area contributed by atoms with E-state index in [1.807, 2.05) is 0 Å². The van der Waals surface area contributed by atoms with Gasteiger partial charge in [0.05, 0.1) is 17.6 Å². The normalized spacial score (nSPS) is 10.4. The van der Waals surface area contributed by atoms with Crippen molar-refractivity contribution in [1.82, 2.24) is 0 Å². The Morgan fingerprint density at radius 2 is 2.00 bits per heavy atom. The van der Waals surface area contributed by atoms with Crippen molar-refractivity contribution in [3.05, 3.63) is 33.9 Å². The van der Waals surface area contributed by atoms with Crippen molar-refractivity contribution in [1.29, 1.82) is 0 Å². The number of hydrogen-bond acceptors (Lipinski definition) is 3. The van der Waals surface area contributed by atoms with Crippen LogP contribution in [-0.4, -0.2) is 20.1 Å². The van der Waals surface area contributed by atoms with Gasteiger partial charge in [0.1, 0.15) is 13.8 Å².